The zero-order valence-electron chi connectivity index (χ0n) is 13.6. The Hall–Kier alpha value is -1.88. The average Bonchev–Trinajstić information content (AvgIpc) is 2.36. The molecule has 5 nitrogen and oxygen atoms in total. The van der Waals surface area contributed by atoms with Crippen LogP contribution in [0.25, 0.3) is 0 Å². The summed E-state index contributed by atoms with van der Waals surface area (Å²) in [6, 6.07) is 5.36. The Labute approximate surface area is 126 Å². The number of hydrogen-bond acceptors (Lipinski definition) is 4. The first-order valence-electron chi connectivity index (χ1n) is 7.11. The summed E-state index contributed by atoms with van der Waals surface area (Å²) in [5.41, 5.74) is 4.26. The van der Waals surface area contributed by atoms with Crippen LogP contribution in [0.2, 0.25) is 0 Å². The highest BCUT2D eigenvalue weighted by Gasteiger charge is 2.24. The minimum absolute atomic E-state index is 0.0226. The molecule has 0 atom stereocenters. The van der Waals surface area contributed by atoms with E-state index < -0.39 is 5.97 Å². The minimum Gasteiger partial charge on any atom is -0.426 e. The molecular weight excluding hydrogens is 268 g/mol. The molecule has 0 radical (unpaired) electrons. The molecule has 0 aliphatic rings. The molecule has 5 heteroatoms. The second-order valence-corrected chi connectivity index (χ2v) is 5.60. The lowest BCUT2D eigenvalue weighted by molar-refractivity contribution is -0.131. The molecule has 0 bridgehead atoms. The number of esters is 1. The van der Waals surface area contributed by atoms with Crippen molar-refractivity contribution < 1.29 is 14.3 Å². The van der Waals surface area contributed by atoms with Gasteiger partial charge in [0.05, 0.1) is 5.56 Å². The van der Waals surface area contributed by atoms with Crippen LogP contribution in [-0.2, 0) is 4.79 Å². The second-order valence-electron chi connectivity index (χ2n) is 5.60. The van der Waals surface area contributed by atoms with Gasteiger partial charge < -0.3 is 4.74 Å². The zero-order valence-corrected chi connectivity index (χ0v) is 13.6. The fourth-order valence-electron chi connectivity index (χ4n) is 1.95. The Morgan fingerprint density at radius 3 is 2.29 bits per heavy atom. The molecule has 1 rings (SSSR count). The number of benzene rings is 1. The summed E-state index contributed by atoms with van der Waals surface area (Å²) in [4.78, 5) is 24.0. The number of amides is 1. The molecule has 0 aromatic heterocycles. The molecular formula is C16H24N2O3. The lowest BCUT2D eigenvalue weighted by atomic mass is 10.1. The molecule has 21 heavy (non-hydrogen) atoms. The molecule has 1 aromatic carbocycles. The number of carbonyl (C=O) groups is 2. The molecule has 0 fully saturated rings. The Kier molecular flexibility index (Phi) is 5.90. The number of aryl methyl sites for hydroxylation is 1. The lowest BCUT2D eigenvalue weighted by Crippen LogP contribution is -2.50. The third kappa shape index (κ3) is 4.56. The van der Waals surface area contributed by atoms with E-state index in [1.807, 2.05) is 40.7 Å². The number of ether oxygens (including phenoxy) is 1. The van der Waals surface area contributed by atoms with Gasteiger partial charge in [0, 0.05) is 19.0 Å². The van der Waals surface area contributed by atoms with E-state index in [4.69, 9.17) is 4.74 Å². The SMILES string of the molecule is CC(=O)Oc1c(C)cccc1C(=O)N(NC(C)C)C(C)C. The monoisotopic (exact) mass is 292 g/mol. The second kappa shape index (κ2) is 7.22. The first-order chi connectivity index (χ1) is 9.73. The largest absolute Gasteiger partial charge is 0.426 e. The highest BCUT2D eigenvalue weighted by molar-refractivity contribution is 5.98. The molecule has 1 N–H and O–H groups in total. The van der Waals surface area contributed by atoms with Crippen molar-refractivity contribution >= 4 is 11.9 Å². The number of para-hydroxylation sites is 1. The van der Waals surface area contributed by atoms with Crippen LogP contribution in [0, 0.1) is 6.92 Å². The van der Waals surface area contributed by atoms with Crippen molar-refractivity contribution in [3.05, 3.63) is 29.3 Å². The molecule has 0 heterocycles. The maximum absolute atomic E-state index is 12.7. The van der Waals surface area contributed by atoms with Crippen LogP contribution >= 0.6 is 0 Å². The van der Waals surface area contributed by atoms with Gasteiger partial charge in [0.25, 0.3) is 5.91 Å². The van der Waals surface area contributed by atoms with E-state index in [0.29, 0.717) is 11.3 Å². The predicted octanol–water partition coefficient (Wildman–Crippen LogP) is 2.68. The number of hydrazine groups is 1. The van der Waals surface area contributed by atoms with E-state index in [-0.39, 0.29) is 18.0 Å². The van der Waals surface area contributed by atoms with Gasteiger partial charge in [-0.1, -0.05) is 12.1 Å². The van der Waals surface area contributed by atoms with Crippen LogP contribution in [0.3, 0.4) is 0 Å². The summed E-state index contributed by atoms with van der Waals surface area (Å²) in [6.07, 6.45) is 0. The molecule has 0 aliphatic carbocycles. The summed E-state index contributed by atoms with van der Waals surface area (Å²) >= 11 is 0. The van der Waals surface area contributed by atoms with Gasteiger partial charge in [0.1, 0.15) is 5.75 Å². The number of nitrogens with zero attached hydrogens (tertiary/aromatic N) is 1. The minimum atomic E-state index is -0.439. The van der Waals surface area contributed by atoms with Gasteiger partial charge in [-0.25, -0.2) is 5.43 Å². The van der Waals surface area contributed by atoms with Crippen molar-refractivity contribution in [3.8, 4) is 5.75 Å². The van der Waals surface area contributed by atoms with Crippen molar-refractivity contribution in [1.29, 1.82) is 0 Å². The average molecular weight is 292 g/mol. The summed E-state index contributed by atoms with van der Waals surface area (Å²) < 4.78 is 5.22. The maximum Gasteiger partial charge on any atom is 0.308 e. The van der Waals surface area contributed by atoms with Gasteiger partial charge in [-0.05, 0) is 46.2 Å². The first-order valence-corrected chi connectivity index (χ1v) is 7.11. The van der Waals surface area contributed by atoms with Gasteiger partial charge in [-0.2, -0.15) is 0 Å². The van der Waals surface area contributed by atoms with E-state index in [1.165, 1.54) is 6.92 Å². The third-order valence-corrected chi connectivity index (χ3v) is 2.82. The van der Waals surface area contributed by atoms with Crippen molar-refractivity contribution in [1.82, 2.24) is 10.4 Å². The van der Waals surface area contributed by atoms with E-state index in [9.17, 15) is 9.59 Å². The Morgan fingerprint density at radius 1 is 1.19 bits per heavy atom. The Balaban J connectivity index is 3.21. The highest BCUT2D eigenvalue weighted by atomic mass is 16.5. The van der Waals surface area contributed by atoms with Gasteiger partial charge in [-0.3, -0.25) is 14.6 Å². The number of nitrogens with one attached hydrogen (secondary N) is 1. The summed E-state index contributed by atoms with van der Waals surface area (Å²) in [6.45, 7) is 10.9. The Morgan fingerprint density at radius 2 is 1.81 bits per heavy atom. The van der Waals surface area contributed by atoms with E-state index in [1.54, 1.807) is 17.1 Å². The number of hydrogen-bond donors (Lipinski definition) is 1. The molecule has 0 aliphatic heterocycles. The van der Waals surface area contributed by atoms with E-state index in [0.717, 1.165) is 5.56 Å². The fourth-order valence-corrected chi connectivity index (χ4v) is 1.95. The van der Waals surface area contributed by atoms with E-state index in [2.05, 4.69) is 5.43 Å². The lowest BCUT2D eigenvalue weighted by Gasteiger charge is -2.30. The van der Waals surface area contributed by atoms with Crippen LogP contribution < -0.4 is 10.2 Å². The molecule has 0 saturated heterocycles. The van der Waals surface area contributed by atoms with Crippen LogP contribution in [-0.4, -0.2) is 29.0 Å². The molecule has 0 unspecified atom stereocenters. The normalized spacial score (nSPS) is 10.9. The van der Waals surface area contributed by atoms with Crippen molar-refractivity contribution in [2.45, 2.75) is 53.6 Å². The van der Waals surface area contributed by atoms with Crippen LogP contribution in [0.5, 0.6) is 5.75 Å². The van der Waals surface area contributed by atoms with Gasteiger partial charge in [0.15, 0.2) is 0 Å². The summed E-state index contributed by atoms with van der Waals surface area (Å²) in [5.74, 6) is -0.323. The molecule has 1 amide bonds. The zero-order chi connectivity index (χ0) is 16.2. The van der Waals surface area contributed by atoms with Crippen molar-refractivity contribution in [2.75, 3.05) is 0 Å². The van der Waals surface area contributed by atoms with E-state index >= 15 is 0 Å². The van der Waals surface area contributed by atoms with Crippen LogP contribution in [0.15, 0.2) is 18.2 Å². The topological polar surface area (TPSA) is 58.6 Å². The molecule has 1 aromatic rings. The number of carbonyl (C=O) groups excluding carboxylic acids is 2. The van der Waals surface area contributed by atoms with Crippen LogP contribution in [0.4, 0.5) is 0 Å². The van der Waals surface area contributed by atoms with Gasteiger partial charge in [0.2, 0.25) is 0 Å². The third-order valence-electron chi connectivity index (χ3n) is 2.82. The summed E-state index contributed by atoms with van der Waals surface area (Å²) in [5, 5.41) is 1.56. The van der Waals surface area contributed by atoms with Gasteiger partial charge in [-0.15, -0.1) is 0 Å². The van der Waals surface area contributed by atoms with Gasteiger partial charge >= 0.3 is 5.97 Å². The molecule has 116 valence electrons. The highest BCUT2D eigenvalue weighted by Crippen LogP contribution is 2.25. The maximum atomic E-state index is 12.7. The van der Waals surface area contributed by atoms with Crippen LogP contribution in [0.1, 0.15) is 50.5 Å². The first kappa shape index (κ1) is 17.2. The number of rotatable bonds is 5. The molecule has 0 saturated carbocycles. The Bertz CT molecular complexity index is 524. The van der Waals surface area contributed by atoms with Crippen molar-refractivity contribution in [3.63, 3.8) is 0 Å². The fraction of sp³-hybridized carbons (Fsp3) is 0.500. The standard InChI is InChI=1S/C16H24N2O3/c1-10(2)17-18(11(3)4)16(20)14-9-7-8-12(5)15(14)21-13(6)19/h7-11,17H,1-6H3. The smallest absolute Gasteiger partial charge is 0.308 e. The predicted molar refractivity (Wildman–Crippen MR) is 82.1 cm³/mol. The van der Waals surface area contributed by atoms with Crippen molar-refractivity contribution in [2.24, 2.45) is 0 Å². The quantitative estimate of drug-likeness (QED) is 0.515. The molecule has 0 spiro atoms. The summed E-state index contributed by atoms with van der Waals surface area (Å²) in [7, 11) is 0.